The van der Waals surface area contributed by atoms with E-state index in [4.69, 9.17) is 4.74 Å². The molecule has 1 aromatic carbocycles. The minimum absolute atomic E-state index is 0. The summed E-state index contributed by atoms with van der Waals surface area (Å²) in [5, 5.41) is 3.34. The zero-order chi connectivity index (χ0) is 12.1. The first-order valence-corrected chi connectivity index (χ1v) is 6.01. The second kappa shape index (κ2) is 7.45. The molecule has 0 amide bonds. The van der Waals surface area contributed by atoms with Gasteiger partial charge in [-0.1, -0.05) is 12.1 Å². The molecule has 4 nitrogen and oxygen atoms in total. The molecular weight excluding hydrogens is 341 g/mol. The zero-order valence-electron chi connectivity index (χ0n) is 10.8. The average Bonchev–Trinajstić information content (AvgIpc) is 2.73. The topological polar surface area (TPSA) is 36.9 Å². The van der Waals surface area contributed by atoms with E-state index in [9.17, 15) is 0 Å². The quantitative estimate of drug-likeness (QED) is 0.835. The molecule has 0 aromatic heterocycles. The van der Waals surface area contributed by atoms with Gasteiger partial charge in [0.15, 0.2) is 5.96 Å². The second-order valence-corrected chi connectivity index (χ2v) is 4.06. The van der Waals surface area contributed by atoms with E-state index < -0.39 is 0 Å². The van der Waals surface area contributed by atoms with Crippen LogP contribution in [0, 0.1) is 0 Å². The fourth-order valence-corrected chi connectivity index (χ4v) is 1.82. The Morgan fingerprint density at radius 2 is 2.28 bits per heavy atom. The molecule has 0 radical (unpaired) electrons. The molecule has 1 aliphatic rings. The van der Waals surface area contributed by atoms with Crippen LogP contribution in [0.15, 0.2) is 29.3 Å². The van der Waals surface area contributed by atoms with E-state index in [2.05, 4.69) is 34.4 Å². The number of guanidine groups is 1. The summed E-state index contributed by atoms with van der Waals surface area (Å²) >= 11 is 0. The van der Waals surface area contributed by atoms with Crippen molar-refractivity contribution in [3.05, 3.63) is 29.8 Å². The van der Waals surface area contributed by atoms with E-state index in [0.29, 0.717) is 6.61 Å². The van der Waals surface area contributed by atoms with Crippen molar-refractivity contribution in [2.75, 3.05) is 26.7 Å². The summed E-state index contributed by atoms with van der Waals surface area (Å²) in [6, 6.07) is 8.14. The molecule has 0 atom stereocenters. The third-order valence-corrected chi connectivity index (χ3v) is 2.72. The first kappa shape index (κ1) is 15.1. The number of rotatable bonds is 4. The van der Waals surface area contributed by atoms with Crippen molar-refractivity contribution in [3.63, 3.8) is 0 Å². The number of hydrogen-bond acceptors (Lipinski definition) is 4. The van der Waals surface area contributed by atoms with Crippen molar-refractivity contribution in [1.29, 1.82) is 0 Å². The van der Waals surface area contributed by atoms with Gasteiger partial charge in [-0.3, -0.25) is 4.99 Å². The van der Waals surface area contributed by atoms with E-state index in [-0.39, 0.29) is 24.0 Å². The van der Waals surface area contributed by atoms with Crippen LogP contribution in [0.3, 0.4) is 0 Å². The number of nitrogens with zero attached hydrogens (tertiary/aromatic N) is 2. The summed E-state index contributed by atoms with van der Waals surface area (Å²) in [6.07, 6.45) is 0. The molecule has 1 aromatic rings. The molecule has 0 spiro atoms. The standard InChI is InChI=1S/C13H19N3O.HI/c1-3-17-12-6-4-5-11(9-12)10-15-13-14-7-8-16(13)2;/h4-6,9H,3,7-8,10H2,1-2H3,(H,14,15);1H. The van der Waals surface area contributed by atoms with Crippen LogP contribution >= 0.6 is 24.0 Å². The molecule has 0 aliphatic carbocycles. The van der Waals surface area contributed by atoms with Crippen molar-refractivity contribution < 1.29 is 4.74 Å². The first-order valence-electron chi connectivity index (χ1n) is 6.01. The van der Waals surface area contributed by atoms with Gasteiger partial charge in [0.25, 0.3) is 0 Å². The Hall–Kier alpha value is -0.980. The predicted octanol–water partition coefficient (Wildman–Crippen LogP) is 2.09. The molecule has 0 saturated carbocycles. The lowest BCUT2D eigenvalue weighted by Crippen LogP contribution is -2.35. The molecule has 0 bridgehead atoms. The van der Waals surface area contributed by atoms with Gasteiger partial charge in [-0.2, -0.15) is 0 Å². The highest BCUT2D eigenvalue weighted by Crippen LogP contribution is 2.13. The Kier molecular flexibility index (Phi) is 6.24. The highest BCUT2D eigenvalue weighted by atomic mass is 127. The molecule has 2 rings (SSSR count). The number of ether oxygens (including phenoxy) is 1. The van der Waals surface area contributed by atoms with Crippen LogP contribution in [-0.2, 0) is 6.54 Å². The second-order valence-electron chi connectivity index (χ2n) is 4.06. The lowest BCUT2D eigenvalue weighted by Gasteiger charge is -2.15. The van der Waals surface area contributed by atoms with Gasteiger partial charge in [0, 0.05) is 20.1 Å². The average molecular weight is 361 g/mol. The minimum atomic E-state index is 0. The van der Waals surface area contributed by atoms with Crippen LogP contribution in [0.4, 0.5) is 0 Å². The van der Waals surface area contributed by atoms with Gasteiger partial charge in [-0.05, 0) is 24.6 Å². The number of benzene rings is 1. The molecule has 0 unspecified atom stereocenters. The van der Waals surface area contributed by atoms with Crippen LogP contribution in [0.5, 0.6) is 5.75 Å². The first-order chi connectivity index (χ1) is 8.29. The number of hydrogen-bond donors (Lipinski definition) is 1. The molecule has 100 valence electrons. The third kappa shape index (κ3) is 4.04. The normalized spacial score (nSPS) is 13.9. The van der Waals surface area contributed by atoms with Crippen LogP contribution in [0.2, 0.25) is 0 Å². The van der Waals surface area contributed by atoms with Crippen LogP contribution < -0.4 is 10.1 Å². The fourth-order valence-electron chi connectivity index (χ4n) is 1.82. The highest BCUT2D eigenvalue weighted by molar-refractivity contribution is 14.0. The number of halogens is 1. The largest absolute Gasteiger partial charge is 0.494 e. The van der Waals surface area contributed by atoms with E-state index in [1.54, 1.807) is 0 Å². The smallest absolute Gasteiger partial charge is 0.194 e. The Morgan fingerprint density at radius 1 is 1.44 bits per heavy atom. The maximum atomic E-state index is 5.47. The van der Waals surface area contributed by atoms with Crippen molar-refractivity contribution in [2.45, 2.75) is 13.5 Å². The Labute approximate surface area is 125 Å². The van der Waals surface area contributed by atoms with E-state index in [1.165, 1.54) is 5.56 Å². The summed E-state index contributed by atoms with van der Waals surface area (Å²) < 4.78 is 5.47. The molecule has 0 saturated heterocycles. The van der Waals surface area contributed by atoms with E-state index in [1.807, 2.05) is 19.1 Å². The van der Waals surface area contributed by atoms with Crippen LogP contribution in [-0.4, -0.2) is 37.6 Å². The molecule has 1 aliphatic heterocycles. The van der Waals surface area contributed by atoms with Gasteiger partial charge in [-0.25, -0.2) is 0 Å². The highest BCUT2D eigenvalue weighted by Gasteiger charge is 2.11. The van der Waals surface area contributed by atoms with Crippen molar-refractivity contribution in [2.24, 2.45) is 4.99 Å². The fraction of sp³-hybridized carbons (Fsp3) is 0.462. The minimum Gasteiger partial charge on any atom is -0.494 e. The molecule has 1 heterocycles. The number of aliphatic imine (C=N–C) groups is 1. The summed E-state index contributed by atoms with van der Waals surface area (Å²) in [5.74, 6) is 1.90. The lowest BCUT2D eigenvalue weighted by molar-refractivity contribution is 0.340. The molecule has 5 heteroatoms. The molecular formula is C13H20IN3O. The Bertz CT molecular complexity index is 409. The summed E-state index contributed by atoms with van der Waals surface area (Å²) in [4.78, 5) is 6.52. The van der Waals surface area contributed by atoms with Gasteiger partial charge in [0.05, 0.1) is 13.2 Å². The Balaban J connectivity index is 0.00000162. The zero-order valence-corrected chi connectivity index (χ0v) is 13.2. The molecule has 0 fully saturated rings. The van der Waals surface area contributed by atoms with E-state index in [0.717, 1.165) is 31.3 Å². The molecule has 18 heavy (non-hydrogen) atoms. The van der Waals surface area contributed by atoms with Gasteiger partial charge in [-0.15, -0.1) is 24.0 Å². The van der Waals surface area contributed by atoms with Crippen molar-refractivity contribution >= 4 is 29.9 Å². The van der Waals surface area contributed by atoms with Gasteiger partial charge in [0.1, 0.15) is 5.75 Å². The molecule has 1 N–H and O–H groups in total. The summed E-state index contributed by atoms with van der Waals surface area (Å²) in [6.45, 7) is 5.36. The maximum Gasteiger partial charge on any atom is 0.194 e. The van der Waals surface area contributed by atoms with Crippen molar-refractivity contribution in [3.8, 4) is 5.75 Å². The van der Waals surface area contributed by atoms with Gasteiger partial charge < -0.3 is 15.0 Å². The number of likely N-dealkylation sites (N-methyl/N-ethyl adjacent to an activating group) is 1. The van der Waals surface area contributed by atoms with E-state index >= 15 is 0 Å². The van der Waals surface area contributed by atoms with Crippen LogP contribution in [0.1, 0.15) is 12.5 Å². The van der Waals surface area contributed by atoms with Gasteiger partial charge >= 0.3 is 0 Å². The van der Waals surface area contributed by atoms with Crippen LogP contribution in [0.25, 0.3) is 0 Å². The maximum absolute atomic E-state index is 5.47. The van der Waals surface area contributed by atoms with Gasteiger partial charge in [0.2, 0.25) is 0 Å². The summed E-state index contributed by atoms with van der Waals surface area (Å²) in [7, 11) is 2.05. The summed E-state index contributed by atoms with van der Waals surface area (Å²) in [5.41, 5.74) is 1.21. The lowest BCUT2D eigenvalue weighted by atomic mass is 10.2. The Morgan fingerprint density at radius 3 is 2.94 bits per heavy atom. The predicted molar refractivity (Wildman–Crippen MR) is 84.8 cm³/mol. The van der Waals surface area contributed by atoms with Crippen molar-refractivity contribution in [1.82, 2.24) is 10.2 Å². The monoisotopic (exact) mass is 361 g/mol. The number of nitrogens with one attached hydrogen (secondary N) is 1. The third-order valence-electron chi connectivity index (χ3n) is 2.72. The SMILES string of the molecule is CCOc1cccc(CNC2=NCCN2C)c1.I.